The van der Waals surface area contributed by atoms with Gasteiger partial charge in [0.15, 0.2) is 19.7 Å². The monoisotopic (exact) mass is 397 g/mol. The van der Waals surface area contributed by atoms with E-state index < -0.39 is 19.7 Å². The van der Waals surface area contributed by atoms with Gasteiger partial charge in [-0.15, -0.1) is 0 Å². The van der Waals surface area contributed by atoms with Crippen LogP contribution >= 0.6 is 0 Å². The van der Waals surface area contributed by atoms with Crippen molar-refractivity contribution in [3.05, 3.63) is 53.8 Å². The molecule has 2 aromatic carbocycles. The van der Waals surface area contributed by atoms with Crippen molar-refractivity contribution >= 4 is 25.4 Å². The van der Waals surface area contributed by atoms with Crippen molar-refractivity contribution < 1.29 is 21.2 Å². The molecule has 1 aliphatic rings. The maximum Gasteiger partial charge on any atom is 0.177 e. The highest BCUT2D eigenvalue weighted by atomic mass is 32.2. The fourth-order valence-corrected chi connectivity index (χ4v) is 5.00. The number of hydrogen-bond acceptors (Lipinski definition) is 5. The van der Waals surface area contributed by atoms with Crippen LogP contribution in [0.5, 0.6) is 0 Å². The van der Waals surface area contributed by atoms with E-state index in [1.165, 1.54) is 30.3 Å². The minimum atomic E-state index is -3.65. The quantitative estimate of drug-likeness (QED) is 0.793. The zero-order chi connectivity index (χ0) is 19.1. The fraction of sp³-hybridized carbons (Fsp3) is 0.333. The Balaban J connectivity index is 2.13. The van der Waals surface area contributed by atoms with Crippen LogP contribution < -0.4 is 4.90 Å². The molecular formula is C18H20FNO4S2. The summed E-state index contributed by atoms with van der Waals surface area (Å²) in [7, 11) is -7.18. The van der Waals surface area contributed by atoms with Crippen LogP contribution in [0.25, 0.3) is 0 Å². The maximum atomic E-state index is 13.6. The molecule has 1 atom stereocenters. The maximum absolute atomic E-state index is 13.6. The lowest BCUT2D eigenvalue weighted by Gasteiger charge is -2.29. The Hall–Kier alpha value is -1.93. The molecule has 0 spiro atoms. The Kier molecular flexibility index (Phi) is 4.83. The molecule has 0 amide bonds. The molecule has 1 aliphatic heterocycles. The number of anilines is 1. The predicted molar refractivity (Wildman–Crippen MR) is 98.4 cm³/mol. The lowest BCUT2D eigenvalue weighted by Crippen LogP contribution is -2.24. The van der Waals surface area contributed by atoms with E-state index in [1.54, 1.807) is 6.07 Å². The minimum Gasteiger partial charge on any atom is -0.363 e. The van der Waals surface area contributed by atoms with Crippen molar-refractivity contribution in [3.63, 3.8) is 0 Å². The summed E-state index contributed by atoms with van der Waals surface area (Å²) in [4.78, 5) is 1.85. The summed E-state index contributed by atoms with van der Waals surface area (Å²) in [6, 6.07) is 10.3. The van der Waals surface area contributed by atoms with Gasteiger partial charge in [0.25, 0.3) is 0 Å². The zero-order valence-electron chi connectivity index (χ0n) is 14.5. The average Bonchev–Trinajstić information content (AvgIpc) is 3.02. The van der Waals surface area contributed by atoms with E-state index in [0.717, 1.165) is 30.9 Å². The molecule has 5 nitrogen and oxygen atoms in total. The van der Waals surface area contributed by atoms with E-state index in [0.29, 0.717) is 12.2 Å². The normalized spacial score (nSPS) is 18.3. The summed E-state index contributed by atoms with van der Waals surface area (Å²) >= 11 is 0. The van der Waals surface area contributed by atoms with Gasteiger partial charge < -0.3 is 4.90 Å². The van der Waals surface area contributed by atoms with Crippen LogP contribution in [-0.4, -0.2) is 35.9 Å². The highest BCUT2D eigenvalue weighted by molar-refractivity contribution is 7.91. The molecule has 1 heterocycles. The van der Waals surface area contributed by atoms with Crippen molar-refractivity contribution in [1.82, 2.24) is 0 Å². The largest absolute Gasteiger partial charge is 0.363 e. The Labute approximate surface area is 153 Å². The van der Waals surface area contributed by atoms with Crippen LogP contribution in [0.2, 0.25) is 0 Å². The molecule has 0 bridgehead atoms. The average molecular weight is 397 g/mol. The number of rotatable bonds is 4. The number of hydrogen-bond donors (Lipinski definition) is 0. The van der Waals surface area contributed by atoms with E-state index in [2.05, 4.69) is 0 Å². The first-order valence-electron chi connectivity index (χ1n) is 8.13. The fourth-order valence-electron chi connectivity index (χ4n) is 3.37. The number of nitrogens with zero attached hydrogens (tertiary/aromatic N) is 1. The highest BCUT2D eigenvalue weighted by Gasteiger charge is 2.30. The van der Waals surface area contributed by atoms with Gasteiger partial charge in [0, 0.05) is 19.1 Å². The van der Waals surface area contributed by atoms with Crippen molar-refractivity contribution in [2.75, 3.05) is 24.0 Å². The van der Waals surface area contributed by atoms with Gasteiger partial charge >= 0.3 is 0 Å². The van der Waals surface area contributed by atoms with Crippen LogP contribution in [0.1, 0.15) is 24.4 Å². The van der Waals surface area contributed by atoms with Gasteiger partial charge in [0.05, 0.1) is 21.5 Å². The van der Waals surface area contributed by atoms with Gasteiger partial charge in [-0.05, 0) is 48.7 Å². The van der Waals surface area contributed by atoms with Gasteiger partial charge in [0.1, 0.15) is 5.82 Å². The van der Waals surface area contributed by atoms with Crippen LogP contribution in [0.15, 0.2) is 52.3 Å². The molecule has 26 heavy (non-hydrogen) atoms. The Morgan fingerprint density at radius 1 is 1.00 bits per heavy atom. The summed E-state index contributed by atoms with van der Waals surface area (Å²) < 4.78 is 61.9. The highest BCUT2D eigenvalue weighted by Crippen LogP contribution is 2.39. The molecule has 2 aromatic rings. The molecule has 1 unspecified atom stereocenters. The van der Waals surface area contributed by atoms with E-state index in [9.17, 15) is 21.2 Å². The van der Waals surface area contributed by atoms with Crippen LogP contribution in [-0.2, 0) is 19.7 Å². The molecule has 0 radical (unpaired) electrons. The first-order valence-corrected chi connectivity index (χ1v) is 11.9. The van der Waals surface area contributed by atoms with Crippen LogP contribution in [0.4, 0.5) is 10.1 Å². The summed E-state index contributed by atoms with van der Waals surface area (Å²) in [5.41, 5.74) is 1.22. The predicted octanol–water partition coefficient (Wildman–Crippen LogP) is 2.97. The third-order valence-corrected chi connectivity index (χ3v) is 6.79. The standard InChI is InChI=1S/C18H20FNO4S2/c1-25(21,22)15-8-9-17(18(12-15)26(2,23)24)20-10-4-7-16(20)13-5-3-6-14(19)11-13/h3,5-6,8-9,11-12,16H,4,7,10H2,1-2H3. The second-order valence-corrected chi connectivity index (χ2v) is 10.6. The van der Waals surface area contributed by atoms with Crippen molar-refractivity contribution in [2.45, 2.75) is 28.7 Å². The van der Waals surface area contributed by atoms with Crippen molar-refractivity contribution in [1.29, 1.82) is 0 Å². The molecule has 0 aliphatic carbocycles. The summed E-state index contributed by atoms with van der Waals surface area (Å²) in [6.45, 7) is 0.613. The van der Waals surface area contributed by atoms with Crippen LogP contribution in [0.3, 0.4) is 0 Å². The SMILES string of the molecule is CS(=O)(=O)c1ccc(N2CCCC2c2cccc(F)c2)c(S(C)(=O)=O)c1. The zero-order valence-corrected chi connectivity index (χ0v) is 16.1. The van der Waals surface area contributed by atoms with E-state index in [4.69, 9.17) is 0 Å². The lowest BCUT2D eigenvalue weighted by molar-refractivity contribution is 0.598. The third kappa shape index (κ3) is 3.76. The first-order chi connectivity index (χ1) is 12.1. The number of halogens is 1. The lowest BCUT2D eigenvalue weighted by atomic mass is 10.0. The topological polar surface area (TPSA) is 71.5 Å². The van der Waals surface area contributed by atoms with Crippen LogP contribution in [0, 0.1) is 5.82 Å². The molecule has 140 valence electrons. The third-order valence-electron chi connectivity index (χ3n) is 4.55. The van der Waals surface area contributed by atoms with E-state index in [1.807, 2.05) is 11.0 Å². The second kappa shape index (κ2) is 6.66. The molecule has 1 fully saturated rings. The molecule has 8 heteroatoms. The second-order valence-electron chi connectivity index (χ2n) is 6.58. The van der Waals surface area contributed by atoms with Crippen molar-refractivity contribution in [2.24, 2.45) is 0 Å². The van der Waals surface area contributed by atoms with Gasteiger partial charge in [0.2, 0.25) is 0 Å². The molecule has 0 saturated carbocycles. The van der Waals surface area contributed by atoms with Gasteiger partial charge in [-0.25, -0.2) is 21.2 Å². The first kappa shape index (κ1) is 18.8. The summed E-state index contributed by atoms with van der Waals surface area (Å²) in [5, 5.41) is 0. The van der Waals surface area contributed by atoms with Gasteiger partial charge in [-0.1, -0.05) is 12.1 Å². The van der Waals surface area contributed by atoms with E-state index in [-0.39, 0.29) is 21.7 Å². The molecule has 1 saturated heterocycles. The number of sulfone groups is 2. The van der Waals surface area contributed by atoms with Crippen molar-refractivity contribution in [3.8, 4) is 0 Å². The number of benzene rings is 2. The Morgan fingerprint density at radius 2 is 1.73 bits per heavy atom. The molecular weight excluding hydrogens is 377 g/mol. The Bertz CT molecular complexity index is 1050. The molecule has 0 aromatic heterocycles. The molecule has 0 N–H and O–H groups in total. The van der Waals surface area contributed by atoms with Gasteiger partial charge in [-0.3, -0.25) is 0 Å². The summed E-state index contributed by atoms with van der Waals surface area (Å²) in [6.07, 6.45) is 3.70. The Morgan fingerprint density at radius 3 is 2.35 bits per heavy atom. The smallest absolute Gasteiger partial charge is 0.177 e. The van der Waals surface area contributed by atoms with E-state index >= 15 is 0 Å². The molecule has 3 rings (SSSR count). The summed E-state index contributed by atoms with van der Waals surface area (Å²) in [5.74, 6) is -0.342. The minimum absolute atomic E-state index is 0.0243. The van der Waals surface area contributed by atoms with Gasteiger partial charge in [-0.2, -0.15) is 0 Å².